The number of carbonyl (C=O) groups excluding carboxylic acids is 1. The monoisotopic (exact) mass is 399 g/mol. The fourth-order valence-corrected chi connectivity index (χ4v) is 5.67. The number of hydrogen-bond acceptors (Lipinski definition) is 6. The number of fused-ring (bicyclic) bond motifs is 1. The Morgan fingerprint density at radius 2 is 1.93 bits per heavy atom. The molecule has 0 spiro atoms. The van der Waals surface area contributed by atoms with Gasteiger partial charge in [-0.25, -0.2) is 0 Å². The number of hydrogen-bond donors (Lipinski definition) is 0. The standard InChI is InChI=1S/C21H25N3O3S/c1-26-18-8-7-14(9-19(18)27-2)16-10-20(25)24-12-23(15-5-3-4-6-15)13-28-21(24)17(16)11-22/h7-9,15-16H,3-6,10,12-13H2,1-2H3. The van der Waals surface area contributed by atoms with E-state index in [-0.39, 0.29) is 11.8 Å². The van der Waals surface area contributed by atoms with E-state index in [1.54, 1.807) is 26.0 Å². The summed E-state index contributed by atoms with van der Waals surface area (Å²) in [6.45, 7) is 0.607. The molecular formula is C21H25N3O3S. The van der Waals surface area contributed by atoms with E-state index in [0.717, 1.165) is 16.5 Å². The van der Waals surface area contributed by atoms with Gasteiger partial charge in [-0.1, -0.05) is 30.7 Å². The zero-order valence-corrected chi connectivity index (χ0v) is 17.1. The van der Waals surface area contributed by atoms with Crippen molar-refractivity contribution < 1.29 is 14.3 Å². The minimum atomic E-state index is -0.242. The van der Waals surface area contributed by atoms with Crippen LogP contribution in [0.1, 0.15) is 43.6 Å². The van der Waals surface area contributed by atoms with E-state index in [9.17, 15) is 10.1 Å². The summed E-state index contributed by atoms with van der Waals surface area (Å²) in [7, 11) is 3.19. The van der Waals surface area contributed by atoms with Gasteiger partial charge in [-0.3, -0.25) is 14.6 Å². The molecule has 7 heteroatoms. The smallest absolute Gasteiger partial charge is 0.229 e. The van der Waals surface area contributed by atoms with Crippen molar-refractivity contribution in [3.8, 4) is 17.6 Å². The fraction of sp³-hybridized carbons (Fsp3) is 0.524. The summed E-state index contributed by atoms with van der Waals surface area (Å²) in [6.07, 6.45) is 5.27. The van der Waals surface area contributed by atoms with Crippen molar-refractivity contribution in [1.29, 1.82) is 5.26 Å². The third-order valence-electron chi connectivity index (χ3n) is 5.97. The van der Waals surface area contributed by atoms with E-state index in [4.69, 9.17) is 9.47 Å². The van der Waals surface area contributed by atoms with Crippen LogP contribution >= 0.6 is 11.8 Å². The number of nitrogens with zero attached hydrogens (tertiary/aromatic N) is 3. The van der Waals surface area contributed by atoms with Crippen LogP contribution in [0.2, 0.25) is 0 Å². The van der Waals surface area contributed by atoms with Crippen molar-refractivity contribution in [1.82, 2.24) is 9.80 Å². The van der Waals surface area contributed by atoms with Crippen molar-refractivity contribution in [2.24, 2.45) is 0 Å². The molecule has 1 saturated heterocycles. The van der Waals surface area contributed by atoms with Crippen molar-refractivity contribution in [3.63, 3.8) is 0 Å². The lowest BCUT2D eigenvalue weighted by molar-refractivity contribution is -0.132. The summed E-state index contributed by atoms with van der Waals surface area (Å²) in [4.78, 5) is 17.2. The number of methoxy groups -OCH3 is 2. The summed E-state index contributed by atoms with van der Waals surface area (Å²) in [6, 6.07) is 8.60. The lowest BCUT2D eigenvalue weighted by Gasteiger charge is -2.43. The molecule has 3 aliphatic rings. The molecule has 1 atom stereocenters. The van der Waals surface area contributed by atoms with Crippen LogP contribution in [-0.2, 0) is 4.79 Å². The number of allylic oxidation sites excluding steroid dienone is 1. The topological polar surface area (TPSA) is 65.8 Å². The zero-order valence-electron chi connectivity index (χ0n) is 16.3. The Morgan fingerprint density at radius 3 is 2.61 bits per heavy atom. The van der Waals surface area contributed by atoms with E-state index < -0.39 is 0 Å². The summed E-state index contributed by atoms with van der Waals surface area (Å²) >= 11 is 1.63. The van der Waals surface area contributed by atoms with Crippen LogP contribution in [0.25, 0.3) is 0 Å². The molecule has 2 fully saturated rings. The van der Waals surface area contributed by atoms with E-state index >= 15 is 0 Å². The molecule has 0 aromatic heterocycles. The molecule has 1 amide bonds. The molecule has 0 bridgehead atoms. The highest BCUT2D eigenvalue weighted by Crippen LogP contribution is 2.44. The van der Waals surface area contributed by atoms with Crippen molar-refractivity contribution in [3.05, 3.63) is 34.4 Å². The summed E-state index contributed by atoms with van der Waals surface area (Å²) in [5.74, 6) is 1.94. The SMILES string of the molecule is COc1ccc(C2CC(=O)N3CN(C4CCCC4)CSC3=C2C#N)cc1OC. The maximum Gasteiger partial charge on any atom is 0.229 e. The predicted molar refractivity (Wildman–Crippen MR) is 108 cm³/mol. The van der Waals surface area contributed by atoms with Gasteiger partial charge in [-0.05, 0) is 30.5 Å². The molecule has 6 nitrogen and oxygen atoms in total. The number of thioether (sulfide) groups is 1. The Bertz CT molecular complexity index is 842. The molecule has 0 radical (unpaired) electrons. The second kappa shape index (κ2) is 8.06. The van der Waals surface area contributed by atoms with Gasteiger partial charge in [0, 0.05) is 18.4 Å². The van der Waals surface area contributed by atoms with Crippen LogP contribution < -0.4 is 9.47 Å². The van der Waals surface area contributed by atoms with Crippen molar-refractivity contribution in [2.75, 3.05) is 26.8 Å². The van der Waals surface area contributed by atoms with Crippen LogP contribution in [0.15, 0.2) is 28.8 Å². The Labute approximate surface area is 170 Å². The average molecular weight is 400 g/mol. The van der Waals surface area contributed by atoms with Crippen LogP contribution in [0, 0.1) is 11.3 Å². The van der Waals surface area contributed by atoms with E-state index in [2.05, 4.69) is 11.0 Å². The Morgan fingerprint density at radius 1 is 1.18 bits per heavy atom. The van der Waals surface area contributed by atoms with Crippen LogP contribution in [0.5, 0.6) is 11.5 Å². The molecular weight excluding hydrogens is 374 g/mol. The number of carbonyl (C=O) groups is 1. The second-order valence-corrected chi connectivity index (χ2v) is 8.40. The lowest BCUT2D eigenvalue weighted by Crippen LogP contribution is -2.50. The van der Waals surface area contributed by atoms with Crippen LogP contribution in [-0.4, -0.2) is 48.5 Å². The highest BCUT2D eigenvalue weighted by molar-refractivity contribution is 8.03. The summed E-state index contributed by atoms with van der Waals surface area (Å²) in [5, 5.41) is 10.8. The first-order valence-corrected chi connectivity index (χ1v) is 10.7. The van der Waals surface area contributed by atoms with Crippen molar-refractivity contribution >= 4 is 17.7 Å². The first-order valence-electron chi connectivity index (χ1n) is 9.69. The van der Waals surface area contributed by atoms with Gasteiger partial charge in [0.15, 0.2) is 11.5 Å². The van der Waals surface area contributed by atoms with Gasteiger partial charge >= 0.3 is 0 Å². The normalized spacial score (nSPS) is 23.5. The van der Waals surface area contributed by atoms with Gasteiger partial charge < -0.3 is 9.47 Å². The van der Waals surface area contributed by atoms with Gasteiger partial charge in [0.2, 0.25) is 5.91 Å². The zero-order chi connectivity index (χ0) is 19.7. The number of benzene rings is 1. The molecule has 1 aromatic rings. The first-order chi connectivity index (χ1) is 13.7. The molecule has 2 aliphatic heterocycles. The Hall–Kier alpha value is -2.17. The van der Waals surface area contributed by atoms with Gasteiger partial charge in [-0.2, -0.15) is 5.26 Å². The molecule has 148 valence electrons. The predicted octanol–water partition coefficient (Wildman–Crippen LogP) is 3.66. The summed E-state index contributed by atoms with van der Waals surface area (Å²) < 4.78 is 10.7. The maximum absolute atomic E-state index is 13.0. The molecule has 1 aromatic carbocycles. The minimum absolute atomic E-state index is 0.0870. The number of amides is 1. The third-order valence-corrected chi connectivity index (χ3v) is 7.14. The first kappa shape index (κ1) is 19.2. The maximum atomic E-state index is 13.0. The molecule has 28 heavy (non-hydrogen) atoms. The van der Waals surface area contributed by atoms with Gasteiger partial charge in [0.25, 0.3) is 0 Å². The lowest BCUT2D eigenvalue weighted by atomic mass is 9.86. The molecule has 1 saturated carbocycles. The number of ether oxygens (including phenoxy) is 2. The minimum Gasteiger partial charge on any atom is -0.493 e. The largest absolute Gasteiger partial charge is 0.493 e. The Balaban J connectivity index is 1.64. The van der Waals surface area contributed by atoms with Crippen molar-refractivity contribution in [2.45, 2.75) is 44.1 Å². The number of nitriles is 1. The molecule has 1 unspecified atom stereocenters. The van der Waals surface area contributed by atoms with Crippen LogP contribution in [0.4, 0.5) is 0 Å². The van der Waals surface area contributed by atoms with Gasteiger partial charge in [0.05, 0.1) is 43.4 Å². The van der Waals surface area contributed by atoms with Crippen LogP contribution in [0.3, 0.4) is 0 Å². The molecule has 2 heterocycles. The fourth-order valence-electron chi connectivity index (χ4n) is 4.43. The highest BCUT2D eigenvalue weighted by atomic mass is 32.2. The highest BCUT2D eigenvalue weighted by Gasteiger charge is 2.40. The van der Waals surface area contributed by atoms with E-state index in [1.165, 1.54) is 25.7 Å². The molecule has 0 N–H and O–H groups in total. The second-order valence-electron chi connectivity index (χ2n) is 7.47. The molecule has 1 aliphatic carbocycles. The van der Waals surface area contributed by atoms with E-state index in [0.29, 0.717) is 36.2 Å². The average Bonchev–Trinajstić information content (AvgIpc) is 3.28. The molecule has 4 rings (SSSR count). The summed E-state index contributed by atoms with van der Waals surface area (Å²) in [5.41, 5.74) is 1.59. The quantitative estimate of drug-likeness (QED) is 0.770. The van der Waals surface area contributed by atoms with Gasteiger partial charge in [-0.15, -0.1) is 0 Å². The Kier molecular flexibility index (Phi) is 5.51. The van der Waals surface area contributed by atoms with Gasteiger partial charge in [0.1, 0.15) is 0 Å². The number of rotatable bonds is 4. The third kappa shape index (κ3) is 3.36. The van der Waals surface area contributed by atoms with E-state index in [1.807, 2.05) is 23.1 Å².